The highest BCUT2D eigenvalue weighted by molar-refractivity contribution is 8.16. The zero-order chi connectivity index (χ0) is 17.5. The zero-order valence-corrected chi connectivity index (χ0v) is 15.3. The van der Waals surface area contributed by atoms with E-state index in [1.165, 1.54) is 11.8 Å². The molecule has 2 saturated heterocycles. The van der Waals surface area contributed by atoms with Crippen molar-refractivity contribution in [1.82, 2.24) is 0 Å². The van der Waals surface area contributed by atoms with Gasteiger partial charge in [-0.2, -0.15) is 10.3 Å². The topological polar surface area (TPSA) is 90.6 Å². The van der Waals surface area contributed by atoms with E-state index in [1.807, 2.05) is 0 Å². The number of rotatable bonds is 2. The number of fused-ring (bicyclic) bond motifs is 1. The number of benzene rings is 1. The molecular weight excluding hydrogens is 393 g/mol. The van der Waals surface area contributed by atoms with Gasteiger partial charge in [-0.25, -0.2) is 8.42 Å². The summed E-state index contributed by atoms with van der Waals surface area (Å²) in [5.74, 6) is -0.604. The number of nitrogens with zero attached hydrogens (tertiary/aromatic N) is 3. The molecule has 2 fully saturated rings. The van der Waals surface area contributed by atoms with E-state index in [9.17, 15) is 13.2 Å². The lowest BCUT2D eigenvalue weighted by molar-refractivity contribution is -0.116. The molecule has 1 amide bonds. The van der Waals surface area contributed by atoms with E-state index in [4.69, 9.17) is 28.5 Å². The highest BCUT2D eigenvalue weighted by Crippen LogP contribution is 2.43. The Hall–Kier alpha value is -1.27. The van der Waals surface area contributed by atoms with Crippen LogP contribution in [0.3, 0.4) is 0 Å². The molecule has 1 aromatic rings. The van der Waals surface area contributed by atoms with Gasteiger partial charge in [-0.3, -0.25) is 4.79 Å². The maximum Gasteiger partial charge on any atom is 0.262 e. The molecule has 0 unspecified atom stereocenters. The number of nitriles is 1. The average molecular weight is 404 g/mol. The SMILES string of the molecule is N#CCC(=O)N=C1S[C@@H]2CS(=O)(=O)C[C@@H]2N1c1cc(Cl)ccc1Cl. The van der Waals surface area contributed by atoms with Gasteiger partial charge in [0.25, 0.3) is 5.91 Å². The average Bonchev–Trinajstić information content (AvgIpc) is 2.93. The second-order valence-corrected chi connectivity index (χ2v) is 9.59. The molecule has 2 atom stereocenters. The van der Waals surface area contributed by atoms with Crippen molar-refractivity contribution in [3.63, 3.8) is 0 Å². The van der Waals surface area contributed by atoms with Crippen LogP contribution in [0.2, 0.25) is 10.0 Å². The van der Waals surface area contributed by atoms with Gasteiger partial charge in [0.05, 0.1) is 34.3 Å². The summed E-state index contributed by atoms with van der Waals surface area (Å²) < 4.78 is 23.9. The lowest BCUT2D eigenvalue weighted by Gasteiger charge is -2.25. The van der Waals surface area contributed by atoms with Gasteiger partial charge in [0, 0.05) is 10.3 Å². The second-order valence-electron chi connectivity index (χ2n) is 5.39. The number of hydrogen-bond acceptors (Lipinski definition) is 5. The van der Waals surface area contributed by atoms with Gasteiger partial charge in [-0.15, -0.1) is 0 Å². The van der Waals surface area contributed by atoms with E-state index >= 15 is 0 Å². The highest BCUT2D eigenvalue weighted by atomic mass is 35.5. The summed E-state index contributed by atoms with van der Waals surface area (Å²) in [6.45, 7) is 0. The Kier molecular flexibility index (Phi) is 4.80. The van der Waals surface area contributed by atoms with Crippen molar-refractivity contribution in [2.75, 3.05) is 16.4 Å². The smallest absolute Gasteiger partial charge is 0.262 e. The Morgan fingerprint density at radius 2 is 2.17 bits per heavy atom. The van der Waals surface area contributed by atoms with Gasteiger partial charge in [-0.1, -0.05) is 35.0 Å². The van der Waals surface area contributed by atoms with E-state index in [0.717, 1.165) is 0 Å². The zero-order valence-electron chi connectivity index (χ0n) is 12.1. The summed E-state index contributed by atoms with van der Waals surface area (Å²) >= 11 is 13.5. The third-order valence-electron chi connectivity index (χ3n) is 3.68. The van der Waals surface area contributed by atoms with Crippen LogP contribution in [0.4, 0.5) is 5.69 Å². The summed E-state index contributed by atoms with van der Waals surface area (Å²) in [5.41, 5.74) is 0.504. The monoisotopic (exact) mass is 403 g/mol. The molecule has 126 valence electrons. The number of carbonyl (C=O) groups is 1. The van der Waals surface area contributed by atoms with Gasteiger partial charge < -0.3 is 4.90 Å². The minimum atomic E-state index is -3.16. The van der Waals surface area contributed by atoms with Crippen LogP contribution in [0.25, 0.3) is 0 Å². The number of sulfone groups is 1. The van der Waals surface area contributed by atoms with E-state index in [-0.39, 0.29) is 29.2 Å². The number of thioether (sulfide) groups is 1. The molecule has 0 aliphatic carbocycles. The van der Waals surface area contributed by atoms with Gasteiger partial charge >= 0.3 is 0 Å². The van der Waals surface area contributed by atoms with Gasteiger partial charge in [-0.05, 0) is 18.2 Å². The van der Waals surface area contributed by atoms with Crippen LogP contribution < -0.4 is 4.90 Å². The third kappa shape index (κ3) is 3.40. The van der Waals surface area contributed by atoms with Crippen molar-refractivity contribution in [3.05, 3.63) is 28.2 Å². The van der Waals surface area contributed by atoms with Crippen LogP contribution in [-0.4, -0.2) is 42.3 Å². The van der Waals surface area contributed by atoms with E-state index < -0.39 is 15.7 Å². The summed E-state index contributed by atoms with van der Waals surface area (Å²) in [4.78, 5) is 17.4. The van der Waals surface area contributed by atoms with E-state index in [2.05, 4.69) is 4.99 Å². The van der Waals surface area contributed by atoms with Gasteiger partial charge in [0.2, 0.25) is 0 Å². The van der Waals surface area contributed by atoms with Crippen molar-refractivity contribution < 1.29 is 13.2 Å². The van der Waals surface area contributed by atoms with E-state index in [0.29, 0.717) is 20.9 Å². The van der Waals surface area contributed by atoms with Crippen LogP contribution in [0.5, 0.6) is 0 Å². The van der Waals surface area contributed by atoms with Crippen molar-refractivity contribution in [1.29, 1.82) is 5.26 Å². The second kappa shape index (κ2) is 6.56. The fourth-order valence-corrected chi connectivity index (χ4v) is 7.03. The highest BCUT2D eigenvalue weighted by Gasteiger charge is 2.49. The standard InChI is InChI=1S/C14H11Cl2N3O3S2/c15-8-1-2-9(16)10(5-8)19-11-6-24(21,22)7-12(11)23-14(19)18-13(20)3-4-17/h1-2,5,11-12H,3,6-7H2/t11-,12+/m0/s1. The first-order chi connectivity index (χ1) is 11.3. The fraction of sp³-hybridized carbons (Fsp3) is 0.357. The Balaban J connectivity index is 2.06. The van der Waals surface area contributed by atoms with Crippen LogP contribution in [0, 0.1) is 11.3 Å². The Morgan fingerprint density at radius 1 is 1.42 bits per heavy atom. The number of anilines is 1. The summed E-state index contributed by atoms with van der Waals surface area (Å²) in [7, 11) is -3.16. The predicted molar refractivity (Wildman–Crippen MR) is 95.4 cm³/mol. The van der Waals surface area contributed by atoms with Crippen molar-refractivity contribution in [2.45, 2.75) is 17.7 Å². The Labute approximate surface area is 153 Å². The fourth-order valence-electron chi connectivity index (χ4n) is 2.73. The van der Waals surface area contributed by atoms with Crippen LogP contribution in [0.15, 0.2) is 23.2 Å². The number of amides is 1. The molecule has 2 heterocycles. The largest absolute Gasteiger partial charge is 0.314 e. The Morgan fingerprint density at radius 3 is 2.88 bits per heavy atom. The third-order valence-corrected chi connectivity index (χ3v) is 7.45. The number of halogens is 2. The molecule has 6 nitrogen and oxygen atoms in total. The van der Waals surface area contributed by atoms with Crippen molar-refractivity contribution >= 4 is 61.6 Å². The first kappa shape index (κ1) is 17.5. The molecule has 2 aliphatic heterocycles. The Bertz CT molecular complexity index is 880. The summed E-state index contributed by atoms with van der Waals surface area (Å²) in [5, 5.41) is 9.56. The first-order valence-electron chi connectivity index (χ1n) is 6.90. The molecule has 0 saturated carbocycles. The van der Waals surface area contributed by atoms with Gasteiger partial charge in [0.1, 0.15) is 6.42 Å². The molecule has 0 bridgehead atoms. The van der Waals surface area contributed by atoms with E-state index in [1.54, 1.807) is 29.2 Å². The van der Waals surface area contributed by atoms with Gasteiger partial charge in [0.15, 0.2) is 15.0 Å². The quantitative estimate of drug-likeness (QED) is 0.753. The molecule has 0 spiro atoms. The van der Waals surface area contributed by atoms with Crippen molar-refractivity contribution in [2.24, 2.45) is 4.99 Å². The van der Waals surface area contributed by atoms with Crippen LogP contribution in [-0.2, 0) is 14.6 Å². The number of carbonyl (C=O) groups excluding carboxylic acids is 1. The normalized spacial score (nSPS) is 26.4. The maximum absolute atomic E-state index is 12.0. The minimum Gasteiger partial charge on any atom is -0.314 e. The summed E-state index contributed by atoms with van der Waals surface area (Å²) in [6, 6.07) is 6.22. The number of hydrogen-bond donors (Lipinski definition) is 0. The molecule has 0 aromatic heterocycles. The molecule has 0 N–H and O–H groups in total. The molecule has 1 aromatic carbocycles. The molecule has 2 aliphatic rings. The molecule has 10 heteroatoms. The lowest BCUT2D eigenvalue weighted by Crippen LogP contribution is -2.37. The minimum absolute atomic E-state index is 0.0163. The molecule has 3 rings (SSSR count). The maximum atomic E-state index is 12.0. The molecule has 0 radical (unpaired) electrons. The predicted octanol–water partition coefficient (Wildman–Crippen LogP) is 2.51. The number of aliphatic imine (C=N–C) groups is 1. The first-order valence-corrected chi connectivity index (χ1v) is 10.4. The molecule has 24 heavy (non-hydrogen) atoms. The van der Waals surface area contributed by atoms with Crippen molar-refractivity contribution in [3.8, 4) is 6.07 Å². The van der Waals surface area contributed by atoms with Crippen LogP contribution >= 0.6 is 35.0 Å². The van der Waals surface area contributed by atoms with Crippen LogP contribution in [0.1, 0.15) is 6.42 Å². The number of amidine groups is 1. The summed E-state index contributed by atoms with van der Waals surface area (Å²) in [6.07, 6.45) is -0.338. The molecular formula is C14H11Cl2N3O3S2. The lowest BCUT2D eigenvalue weighted by atomic mass is 10.2.